The first-order chi connectivity index (χ1) is 11.2. The van der Waals surface area contributed by atoms with Crippen LogP contribution in [-0.2, 0) is 22.5 Å². The van der Waals surface area contributed by atoms with Crippen LogP contribution in [0, 0.1) is 5.92 Å². The molecule has 2 aliphatic heterocycles. The Labute approximate surface area is 137 Å². The van der Waals surface area contributed by atoms with Gasteiger partial charge in [-0.05, 0) is 18.8 Å². The number of likely N-dealkylation sites (tertiary alicyclic amines) is 1. The van der Waals surface area contributed by atoms with Gasteiger partial charge < -0.3 is 19.0 Å². The smallest absolute Gasteiger partial charge is 0.220 e. The number of oxazole rings is 1. The van der Waals surface area contributed by atoms with E-state index in [0.29, 0.717) is 18.4 Å². The van der Waals surface area contributed by atoms with E-state index in [1.54, 1.807) is 13.1 Å². The fourth-order valence-corrected chi connectivity index (χ4v) is 3.55. The van der Waals surface area contributed by atoms with Crippen molar-refractivity contribution < 1.29 is 13.9 Å². The summed E-state index contributed by atoms with van der Waals surface area (Å²) in [6.45, 7) is 9.00. The average molecular weight is 321 g/mol. The van der Waals surface area contributed by atoms with E-state index in [9.17, 15) is 4.79 Å². The maximum Gasteiger partial charge on any atom is 0.220 e. The second kappa shape index (κ2) is 7.45. The molecule has 0 saturated carbocycles. The Hall–Kier alpha value is -1.40. The lowest BCUT2D eigenvalue weighted by Crippen LogP contribution is -2.41. The second-order valence-corrected chi connectivity index (χ2v) is 6.65. The van der Waals surface area contributed by atoms with Crippen LogP contribution in [0.15, 0.2) is 10.6 Å². The van der Waals surface area contributed by atoms with Gasteiger partial charge in [-0.15, -0.1) is 0 Å². The Morgan fingerprint density at radius 1 is 1.48 bits per heavy atom. The summed E-state index contributed by atoms with van der Waals surface area (Å²) in [4.78, 5) is 20.8. The molecule has 23 heavy (non-hydrogen) atoms. The van der Waals surface area contributed by atoms with Crippen LogP contribution in [0.4, 0.5) is 0 Å². The van der Waals surface area contributed by atoms with Gasteiger partial charge in [-0.25, -0.2) is 4.98 Å². The van der Waals surface area contributed by atoms with Crippen LogP contribution in [0.5, 0.6) is 0 Å². The number of nitrogens with zero attached hydrogens (tertiary/aromatic N) is 3. The summed E-state index contributed by atoms with van der Waals surface area (Å²) < 4.78 is 11.1. The molecule has 0 aliphatic carbocycles. The molecule has 1 aromatic rings. The van der Waals surface area contributed by atoms with E-state index in [1.807, 2.05) is 11.8 Å². The first-order valence-corrected chi connectivity index (χ1v) is 8.66. The number of hydrogen-bond donors (Lipinski definition) is 0. The largest absolute Gasteiger partial charge is 0.444 e. The summed E-state index contributed by atoms with van der Waals surface area (Å²) in [5.74, 6) is 2.26. The van der Waals surface area contributed by atoms with Gasteiger partial charge in [0.1, 0.15) is 5.76 Å². The predicted octanol–water partition coefficient (Wildman–Crippen LogP) is 1.70. The predicted molar refractivity (Wildman–Crippen MR) is 85.9 cm³/mol. The number of carbonyl (C=O) groups excluding carboxylic acids is 1. The maximum absolute atomic E-state index is 12.1. The first kappa shape index (κ1) is 16.5. The molecule has 1 amide bonds. The number of aryl methyl sites for hydroxylation is 1. The van der Waals surface area contributed by atoms with Crippen molar-refractivity contribution in [2.24, 2.45) is 5.92 Å². The molecule has 2 aliphatic rings. The molecule has 6 heteroatoms. The Bertz CT molecular complexity index is 525. The summed E-state index contributed by atoms with van der Waals surface area (Å²) in [5, 5.41) is 0. The Balaban J connectivity index is 1.56. The number of ether oxygens (including phenoxy) is 1. The van der Waals surface area contributed by atoms with Crippen molar-refractivity contribution >= 4 is 5.91 Å². The molecule has 2 fully saturated rings. The first-order valence-electron chi connectivity index (χ1n) is 8.66. The lowest BCUT2D eigenvalue weighted by Gasteiger charge is -2.27. The molecule has 6 nitrogen and oxygen atoms in total. The number of carbonyl (C=O) groups is 1. The summed E-state index contributed by atoms with van der Waals surface area (Å²) >= 11 is 0. The lowest BCUT2D eigenvalue weighted by molar-refractivity contribution is -0.132. The van der Waals surface area contributed by atoms with Gasteiger partial charge in [-0.2, -0.15) is 0 Å². The molecule has 0 aromatic carbocycles. The van der Waals surface area contributed by atoms with Crippen molar-refractivity contribution in [1.29, 1.82) is 0 Å². The molecule has 0 radical (unpaired) electrons. The number of rotatable bonds is 6. The normalized spacial score (nSPS) is 25.1. The van der Waals surface area contributed by atoms with Crippen LogP contribution in [0.3, 0.4) is 0 Å². The van der Waals surface area contributed by atoms with Gasteiger partial charge in [0, 0.05) is 45.6 Å². The minimum Gasteiger partial charge on any atom is -0.444 e. The van der Waals surface area contributed by atoms with Crippen molar-refractivity contribution in [3.63, 3.8) is 0 Å². The fraction of sp³-hybridized carbons (Fsp3) is 0.765. The molecular weight excluding hydrogens is 294 g/mol. The van der Waals surface area contributed by atoms with Gasteiger partial charge in [0.15, 0.2) is 0 Å². The highest BCUT2D eigenvalue weighted by Crippen LogP contribution is 2.22. The van der Waals surface area contributed by atoms with Gasteiger partial charge in [0.2, 0.25) is 11.8 Å². The third-order valence-electron chi connectivity index (χ3n) is 4.89. The van der Waals surface area contributed by atoms with E-state index in [2.05, 4.69) is 9.88 Å². The topological polar surface area (TPSA) is 58.8 Å². The molecule has 3 rings (SSSR count). The summed E-state index contributed by atoms with van der Waals surface area (Å²) in [6, 6.07) is 0.256. The van der Waals surface area contributed by atoms with E-state index in [1.165, 1.54) is 0 Å². The van der Waals surface area contributed by atoms with Gasteiger partial charge >= 0.3 is 0 Å². The Morgan fingerprint density at radius 2 is 2.35 bits per heavy atom. The van der Waals surface area contributed by atoms with E-state index < -0.39 is 0 Å². The van der Waals surface area contributed by atoms with Crippen molar-refractivity contribution in [1.82, 2.24) is 14.8 Å². The maximum atomic E-state index is 12.1. The van der Waals surface area contributed by atoms with E-state index in [4.69, 9.17) is 9.15 Å². The average Bonchev–Trinajstić information content (AvgIpc) is 3.26. The van der Waals surface area contributed by atoms with Gasteiger partial charge in [-0.3, -0.25) is 4.79 Å². The second-order valence-electron chi connectivity index (χ2n) is 6.65. The molecular formula is C17H27N3O3. The Kier molecular flexibility index (Phi) is 5.33. The molecule has 128 valence electrons. The Morgan fingerprint density at radius 3 is 3.00 bits per heavy atom. The molecule has 0 N–H and O–H groups in total. The molecule has 1 aromatic heterocycles. The minimum atomic E-state index is 0.0947. The summed E-state index contributed by atoms with van der Waals surface area (Å²) in [5.41, 5.74) is 0. The molecule has 3 heterocycles. The zero-order chi connectivity index (χ0) is 16.2. The van der Waals surface area contributed by atoms with Crippen molar-refractivity contribution in [3.05, 3.63) is 17.8 Å². The van der Waals surface area contributed by atoms with Crippen LogP contribution < -0.4 is 0 Å². The molecule has 2 atom stereocenters. The highest BCUT2D eigenvalue weighted by molar-refractivity contribution is 5.73. The van der Waals surface area contributed by atoms with Gasteiger partial charge in [-0.1, -0.05) is 6.92 Å². The third-order valence-corrected chi connectivity index (χ3v) is 4.89. The van der Waals surface area contributed by atoms with Crippen LogP contribution in [0.2, 0.25) is 0 Å². The van der Waals surface area contributed by atoms with Crippen LogP contribution in [0.25, 0.3) is 0 Å². The van der Waals surface area contributed by atoms with Crippen molar-refractivity contribution in [2.75, 3.05) is 32.8 Å². The highest BCUT2D eigenvalue weighted by Gasteiger charge is 2.31. The van der Waals surface area contributed by atoms with E-state index in [0.717, 1.165) is 57.9 Å². The number of amides is 1. The standard InChI is InChI=1S/C17H27N3O3/c1-3-16-8-18-17(23-16)11-20(13(2)21)15-4-6-19(10-15)9-14-5-7-22-12-14/h8,14-15H,3-7,9-12H2,1-2H3/t14-,15-/m1/s1. The van der Waals surface area contributed by atoms with Crippen LogP contribution in [-0.4, -0.2) is 59.6 Å². The molecule has 0 spiro atoms. The highest BCUT2D eigenvalue weighted by atomic mass is 16.5. The third kappa shape index (κ3) is 4.12. The van der Waals surface area contributed by atoms with Gasteiger partial charge in [0.25, 0.3) is 0 Å². The lowest BCUT2D eigenvalue weighted by atomic mass is 10.1. The fourth-order valence-electron chi connectivity index (χ4n) is 3.55. The minimum absolute atomic E-state index is 0.0947. The number of aromatic nitrogens is 1. The molecule has 2 saturated heterocycles. The number of hydrogen-bond acceptors (Lipinski definition) is 5. The SMILES string of the molecule is CCc1cnc(CN(C(C)=O)[C@@H]2CCN(C[C@H]3CCOC3)C2)o1. The quantitative estimate of drug-likeness (QED) is 0.798. The van der Waals surface area contributed by atoms with Crippen molar-refractivity contribution in [2.45, 2.75) is 45.7 Å². The monoisotopic (exact) mass is 321 g/mol. The molecule has 0 bridgehead atoms. The summed E-state index contributed by atoms with van der Waals surface area (Å²) in [7, 11) is 0. The zero-order valence-electron chi connectivity index (χ0n) is 14.2. The van der Waals surface area contributed by atoms with Crippen LogP contribution in [0.1, 0.15) is 38.3 Å². The van der Waals surface area contributed by atoms with E-state index in [-0.39, 0.29) is 11.9 Å². The molecule has 0 unspecified atom stereocenters. The van der Waals surface area contributed by atoms with Gasteiger partial charge in [0.05, 0.1) is 19.3 Å². The van der Waals surface area contributed by atoms with E-state index >= 15 is 0 Å². The van der Waals surface area contributed by atoms with Crippen molar-refractivity contribution in [3.8, 4) is 0 Å². The zero-order valence-corrected chi connectivity index (χ0v) is 14.2. The van der Waals surface area contributed by atoms with Crippen LogP contribution >= 0.6 is 0 Å². The summed E-state index contributed by atoms with van der Waals surface area (Å²) in [6.07, 6.45) is 4.77.